The number of hydrogen-bond donors (Lipinski definition) is 1. The Bertz CT molecular complexity index is 267. The van der Waals surface area contributed by atoms with Crippen molar-refractivity contribution in [1.82, 2.24) is 4.90 Å². The average molecular weight is 228 g/mol. The molecule has 0 radical (unpaired) electrons. The first-order chi connectivity index (χ1) is 7.02. The second-order valence-corrected chi connectivity index (χ2v) is 6.75. The zero-order valence-corrected chi connectivity index (χ0v) is 10.3. The second kappa shape index (κ2) is 3.98. The van der Waals surface area contributed by atoms with Crippen LogP contribution in [0.4, 0.5) is 0 Å². The molecule has 2 rings (SSSR count). The van der Waals surface area contributed by atoms with Crippen molar-refractivity contribution in [1.29, 1.82) is 0 Å². The third-order valence-electron chi connectivity index (χ3n) is 3.57. The molecule has 15 heavy (non-hydrogen) atoms. The van der Waals surface area contributed by atoms with Gasteiger partial charge in [0.05, 0.1) is 6.04 Å². The molecule has 0 aromatic rings. The van der Waals surface area contributed by atoms with Gasteiger partial charge in [0.2, 0.25) is 5.91 Å². The zero-order valence-electron chi connectivity index (χ0n) is 9.53. The topological polar surface area (TPSA) is 46.3 Å². The minimum absolute atomic E-state index is 0.117. The molecule has 2 fully saturated rings. The SMILES string of the molecule is CC1(C)SCC2CCCCN2C(=O)C1N. The van der Waals surface area contributed by atoms with E-state index in [1.165, 1.54) is 6.42 Å². The third-order valence-corrected chi connectivity index (χ3v) is 5.12. The molecule has 2 heterocycles. The number of hydrogen-bond acceptors (Lipinski definition) is 3. The van der Waals surface area contributed by atoms with Gasteiger partial charge in [0, 0.05) is 23.1 Å². The number of carbonyl (C=O) groups excluding carboxylic acids is 1. The molecule has 0 spiro atoms. The van der Waals surface area contributed by atoms with E-state index in [4.69, 9.17) is 5.73 Å². The molecule has 2 unspecified atom stereocenters. The number of piperidine rings is 1. The number of carbonyl (C=O) groups is 1. The van der Waals surface area contributed by atoms with Gasteiger partial charge in [-0.25, -0.2) is 0 Å². The molecular formula is C11H20N2OS. The van der Waals surface area contributed by atoms with Crippen molar-refractivity contribution in [3.63, 3.8) is 0 Å². The van der Waals surface area contributed by atoms with E-state index in [2.05, 4.69) is 13.8 Å². The van der Waals surface area contributed by atoms with Gasteiger partial charge in [-0.15, -0.1) is 0 Å². The highest BCUT2D eigenvalue weighted by Crippen LogP contribution is 2.35. The van der Waals surface area contributed by atoms with Crippen molar-refractivity contribution >= 4 is 17.7 Å². The number of amides is 1. The lowest BCUT2D eigenvalue weighted by Crippen LogP contribution is -2.54. The molecule has 2 atom stereocenters. The van der Waals surface area contributed by atoms with Gasteiger partial charge in [-0.2, -0.15) is 11.8 Å². The van der Waals surface area contributed by atoms with Crippen LogP contribution >= 0.6 is 11.8 Å². The maximum atomic E-state index is 12.2. The fourth-order valence-electron chi connectivity index (χ4n) is 2.34. The highest BCUT2D eigenvalue weighted by Gasteiger charge is 2.42. The van der Waals surface area contributed by atoms with Crippen molar-refractivity contribution in [3.05, 3.63) is 0 Å². The summed E-state index contributed by atoms with van der Waals surface area (Å²) in [5.41, 5.74) is 6.05. The van der Waals surface area contributed by atoms with Crippen molar-refractivity contribution in [2.75, 3.05) is 12.3 Å². The molecule has 2 aliphatic rings. The number of thioether (sulfide) groups is 1. The number of fused-ring (bicyclic) bond motifs is 1. The molecule has 1 amide bonds. The van der Waals surface area contributed by atoms with Crippen LogP contribution in [0.2, 0.25) is 0 Å². The Morgan fingerprint density at radius 1 is 1.47 bits per heavy atom. The summed E-state index contributed by atoms with van der Waals surface area (Å²) in [5.74, 6) is 1.21. The van der Waals surface area contributed by atoms with Crippen LogP contribution in [0.1, 0.15) is 33.1 Å². The molecule has 0 bridgehead atoms. The van der Waals surface area contributed by atoms with Crippen LogP contribution in [0.3, 0.4) is 0 Å². The quantitative estimate of drug-likeness (QED) is 0.678. The van der Waals surface area contributed by atoms with E-state index >= 15 is 0 Å². The summed E-state index contributed by atoms with van der Waals surface area (Å²) in [6, 6.07) is 0.0923. The van der Waals surface area contributed by atoms with Crippen LogP contribution in [0, 0.1) is 0 Å². The van der Waals surface area contributed by atoms with E-state index in [0.717, 1.165) is 25.1 Å². The van der Waals surface area contributed by atoms with Gasteiger partial charge in [-0.05, 0) is 33.1 Å². The molecule has 2 aliphatic heterocycles. The Kier molecular flexibility index (Phi) is 2.99. The molecule has 0 saturated carbocycles. The Morgan fingerprint density at radius 2 is 2.20 bits per heavy atom. The smallest absolute Gasteiger partial charge is 0.241 e. The zero-order chi connectivity index (χ0) is 11.1. The Labute approximate surface area is 95.8 Å². The van der Waals surface area contributed by atoms with Crippen molar-refractivity contribution in [2.24, 2.45) is 5.73 Å². The van der Waals surface area contributed by atoms with Crippen LogP contribution < -0.4 is 5.73 Å². The van der Waals surface area contributed by atoms with E-state index < -0.39 is 0 Å². The normalized spacial score (nSPS) is 35.9. The summed E-state index contributed by atoms with van der Waals surface area (Å²) in [7, 11) is 0. The van der Waals surface area contributed by atoms with E-state index in [9.17, 15) is 4.79 Å². The Morgan fingerprint density at radius 3 is 2.93 bits per heavy atom. The molecule has 0 aromatic heterocycles. The summed E-state index contributed by atoms with van der Waals surface area (Å²) in [6.07, 6.45) is 3.55. The molecule has 4 heteroatoms. The third kappa shape index (κ3) is 2.02. The molecule has 3 nitrogen and oxygen atoms in total. The Balaban J connectivity index is 2.21. The molecular weight excluding hydrogens is 208 g/mol. The van der Waals surface area contributed by atoms with E-state index in [0.29, 0.717) is 6.04 Å². The molecule has 86 valence electrons. The standard InChI is InChI=1S/C11H20N2OS/c1-11(2)9(12)10(14)13-6-4-3-5-8(13)7-15-11/h8-9H,3-7,12H2,1-2H3. The van der Waals surface area contributed by atoms with Crippen molar-refractivity contribution in [2.45, 2.75) is 49.9 Å². The van der Waals surface area contributed by atoms with Crippen LogP contribution in [-0.4, -0.2) is 39.9 Å². The lowest BCUT2D eigenvalue weighted by atomic mass is 9.99. The first kappa shape index (κ1) is 11.3. The molecule has 2 saturated heterocycles. The number of rotatable bonds is 0. The number of nitrogens with zero attached hydrogens (tertiary/aromatic N) is 1. The maximum Gasteiger partial charge on any atom is 0.241 e. The maximum absolute atomic E-state index is 12.2. The van der Waals surface area contributed by atoms with Gasteiger partial charge in [0.25, 0.3) is 0 Å². The van der Waals surface area contributed by atoms with Gasteiger partial charge in [-0.1, -0.05) is 0 Å². The summed E-state index contributed by atoms with van der Waals surface area (Å²) in [4.78, 5) is 14.2. The monoisotopic (exact) mass is 228 g/mol. The predicted octanol–water partition coefficient (Wildman–Crippen LogP) is 1.22. The minimum Gasteiger partial charge on any atom is -0.337 e. The lowest BCUT2D eigenvalue weighted by Gasteiger charge is -2.35. The van der Waals surface area contributed by atoms with Crippen LogP contribution in [-0.2, 0) is 4.79 Å². The lowest BCUT2D eigenvalue weighted by molar-refractivity contribution is -0.135. The van der Waals surface area contributed by atoms with Gasteiger partial charge in [0.15, 0.2) is 0 Å². The second-order valence-electron chi connectivity index (χ2n) is 5.07. The average Bonchev–Trinajstić information content (AvgIpc) is 2.31. The van der Waals surface area contributed by atoms with Gasteiger partial charge in [0.1, 0.15) is 0 Å². The van der Waals surface area contributed by atoms with Gasteiger partial charge < -0.3 is 10.6 Å². The fraction of sp³-hybridized carbons (Fsp3) is 0.909. The van der Waals surface area contributed by atoms with Crippen molar-refractivity contribution < 1.29 is 4.79 Å². The molecule has 0 aliphatic carbocycles. The highest BCUT2D eigenvalue weighted by molar-refractivity contribution is 8.00. The Hall–Kier alpha value is -0.220. The van der Waals surface area contributed by atoms with Gasteiger partial charge in [-0.3, -0.25) is 4.79 Å². The van der Waals surface area contributed by atoms with E-state index in [1.54, 1.807) is 0 Å². The first-order valence-corrected chi connectivity index (χ1v) is 6.71. The van der Waals surface area contributed by atoms with Crippen molar-refractivity contribution in [3.8, 4) is 0 Å². The van der Waals surface area contributed by atoms with Crippen LogP contribution in [0.15, 0.2) is 0 Å². The van der Waals surface area contributed by atoms with Gasteiger partial charge >= 0.3 is 0 Å². The van der Waals surface area contributed by atoms with Crippen LogP contribution in [0.5, 0.6) is 0 Å². The summed E-state index contributed by atoms with van der Waals surface area (Å²) in [6.45, 7) is 5.07. The summed E-state index contributed by atoms with van der Waals surface area (Å²) < 4.78 is -0.117. The number of nitrogens with two attached hydrogens (primary N) is 1. The summed E-state index contributed by atoms with van der Waals surface area (Å²) in [5, 5.41) is 0. The predicted molar refractivity (Wildman–Crippen MR) is 63.9 cm³/mol. The fourth-order valence-corrected chi connectivity index (χ4v) is 3.59. The molecule has 2 N–H and O–H groups in total. The highest BCUT2D eigenvalue weighted by atomic mass is 32.2. The largest absolute Gasteiger partial charge is 0.337 e. The van der Waals surface area contributed by atoms with E-state index in [1.807, 2.05) is 16.7 Å². The van der Waals surface area contributed by atoms with Crippen LogP contribution in [0.25, 0.3) is 0 Å². The molecule has 0 aromatic carbocycles. The summed E-state index contributed by atoms with van der Waals surface area (Å²) >= 11 is 1.85. The first-order valence-electron chi connectivity index (χ1n) is 5.72. The van der Waals surface area contributed by atoms with E-state index in [-0.39, 0.29) is 16.7 Å². The minimum atomic E-state index is -0.342.